The average Bonchev–Trinajstić information content (AvgIpc) is 2.80. The van der Waals surface area contributed by atoms with Crippen LogP contribution in [0.4, 0.5) is 0 Å². The molecule has 0 saturated carbocycles. The van der Waals surface area contributed by atoms with Gasteiger partial charge >= 0.3 is 0 Å². The molecule has 0 aliphatic carbocycles. The van der Waals surface area contributed by atoms with Crippen molar-refractivity contribution in [3.63, 3.8) is 0 Å². The number of nitrogens with one attached hydrogen (secondary N) is 1. The first kappa shape index (κ1) is 15.2. The van der Waals surface area contributed by atoms with Crippen molar-refractivity contribution in [3.05, 3.63) is 24.2 Å². The Labute approximate surface area is 113 Å². The molecular formula is C13H21N3O3. The van der Waals surface area contributed by atoms with Gasteiger partial charge in [0.1, 0.15) is 5.76 Å². The minimum Gasteiger partial charge on any atom is -0.467 e. The fourth-order valence-electron chi connectivity index (χ4n) is 1.52. The van der Waals surface area contributed by atoms with Crippen LogP contribution in [-0.2, 0) is 16.1 Å². The Morgan fingerprint density at radius 1 is 1.37 bits per heavy atom. The molecule has 0 fully saturated rings. The molecule has 0 saturated heterocycles. The van der Waals surface area contributed by atoms with Crippen molar-refractivity contribution in [2.45, 2.75) is 13.5 Å². The van der Waals surface area contributed by atoms with Crippen LogP contribution in [-0.4, -0.2) is 55.3 Å². The second kappa shape index (κ2) is 7.58. The quantitative estimate of drug-likeness (QED) is 0.772. The van der Waals surface area contributed by atoms with Crippen LogP contribution in [0, 0.1) is 0 Å². The molecule has 0 unspecified atom stereocenters. The van der Waals surface area contributed by atoms with Gasteiger partial charge in [0.2, 0.25) is 11.8 Å². The van der Waals surface area contributed by atoms with E-state index in [0.29, 0.717) is 18.8 Å². The summed E-state index contributed by atoms with van der Waals surface area (Å²) in [5.74, 6) is 0.346. The van der Waals surface area contributed by atoms with E-state index in [2.05, 4.69) is 5.32 Å². The summed E-state index contributed by atoms with van der Waals surface area (Å²) in [5.41, 5.74) is 0. The molecular weight excluding hydrogens is 246 g/mol. The molecule has 0 radical (unpaired) electrons. The van der Waals surface area contributed by atoms with Crippen LogP contribution in [0.1, 0.15) is 12.7 Å². The molecule has 1 N–H and O–H groups in total. The van der Waals surface area contributed by atoms with Gasteiger partial charge in [-0.3, -0.25) is 9.59 Å². The summed E-state index contributed by atoms with van der Waals surface area (Å²) in [5, 5.41) is 2.77. The van der Waals surface area contributed by atoms with Crippen LogP contribution in [0.2, 0.25) is 0 Å². The van der Waals surface area contributed by atoms with Gasteiger partial charge in [0, 0.05) is 20.0 Å². The maximum atomic E-state index is 11.7. The molecule has 19 heavy (non-hydrogen) atoms. The van der Waals surface area contributed by atoms with Crippen molar-refractivity contribution in [2.24, 2.45) is 0 Å². The Morgan fingerprint density at radius 3 is 2.63 bits per heavy atom. The first-order valence-electron chi connectivity index (χ1n) is 6.18. The number of nitrogens with zero attached hydrogens (tertiary/aromatic N) is 2. The standard InChI is InChI=1S/C13H21N3O3/c1-11(17)16(9-12-5-4-8-19-12)10-13(18)14-6-7-15(2)3/h4-5,8H,6-7,9-10H2,1-3H3,(H,14,18). The topological polar surface area (TPSA) is 65.8 Å². The molecule has 0 spiro atoms. The largest absolute Gasteiger partial charge is 0.467 e. The van der Waals surface area contributed by atoms with Gasteiger partial charge in [-0.2, -0.15) is 0 Å². The van der Waals surface area contributed by atoms with Crippen molar-refractivity contribution in [1.29, 1.82) is 0 Å². The molecule has 0 aliphatic rings. The molecule has 0 aliphatic heterocycles. The van der Waals surface area contributed by atoms with Crippen LogP contribution in [0.25, 0.3) is 0 Å². The highest BCUT2D eigenvalue weighted by atomic mass is 16.3. The van der Waals surface area contributed by atoms with E-state index < -0.39 is 0 Å². The molecule has 1 aromatic rings. The number of carbonyl (C=O) groups excluding carboxylic acids is 2. The van der Waals surface area contributed by atoms with Gasteiger partial charge in [0.25, 0.3) is 0 Å². The zero-order chi connectivity index (χ0) is 14.3. The summed E-state index contributed by atoms with van der Waals surface area (Å²) in [7, 11) is 3.87. The molecule has 2 amide bonds. The fraction of sp³-hybridized carbons (Fsp3) is 0.538. The van der Waals surface area contributed by atoms with Crippen LogP contribution in [0.3, 0.4) is 0 Å². The Balaban J connectivity index is 2.40. The number of carbonyl (C=O) groups is 2. The summed E-state index contributed by atoms with van der Waals surface area (Å²) in [6.45, 7) is 3.13. The normalized spacial score (nSPS) is 10.5. The highest BCUT2D eigenvalue weighted by Gasteiger charge is 2.14. The summed E-state index contributed by atoms with van der Waals surface area (Å²) >= 11 is 0. The molecule has 1 heterocycles. The lowest BCUT2D eigenvalue weighted by Gasteiger charge is -2.19. The maximum absolute atomic E-state index is 11.7. The summed E-state index contributed by atoms with van der Waals surface area (Å²) in [6, 6.07) is 3.53. The number of rotatable bonds is 7. The monoisotopic (exact) mass is 267 g/mol. The smallest absolute Gasteiger partial charge is 0.239 e. The first-order valence-corrected chi connectivity index (χ1v) is 6.18. The number of hydrogen-bond acceptors (Lipinski definition) is 4. The van der Waals surface area contributed by atoms with E-state index in [4.69, 9.17) is 4.42 Å². The fourth-order valence-corrected chi connectivity index (χ4v) is 1.52. The third kappa shape index (κ3) is 6.05. The van der Waals surface area contributed by atoms with E-state index >= 15 is 0 Å². The number of furan rings is 1. The molecule has 0 aromatic carbocycles. The second-order valence-electron chi connectivity index (χ2n) is 4.61. The summed E-state index contributed by atoms with van der Waals surface area (Å²) < 4.78 is 5.18. The molecule has 1 aromatic heterocycles. The molecule has 106 valence electrons. The predicted molar refractivity (Wildman–Crippen MR) is 71.4 cm³/mol. The summed E-state index contributed by atoms with van der Waals surface area (Å²) in [4.78, 5) is 26.6. The molecule has 1 rings (SSSR count). The van der Waals surface area contributed by atoms with Gasteiger partial charge in [-0.15, -0.1) is 0 Å². The van der Waals surface area contributed by atoms with E-state index in [-0.39, 0.29) is 18.4 Å². The minimum absolute atomic E-state index is 0.0451. The van der Waals surface area contributed by atoms with E-state index in [1.54, 1.807) is 18.4 Å². The van der Waals surface area contributed by atoms with Crippen molar-refractivity contribution in [3.8, 4) is 0 Å². The van der Waals surface area contributed by atoms with Crippen LogP contribution >= 0.6 is 0 Å². The number of hydrogen-bond donors (Lipinski definition) is 1. The second-order valence-corrected chi connectivity index (χ2v) is 4.61. The minimum atomic E-state index is -0.163. The van der Waals surface area contributed by atoms with Crippen molar-refractivity contribution >= 4 is 11.8 Å². The lowest BCUT2D eigenvalue weighted by molar-refractivity contribution is -0.135. The Bertz CT molecular complexity index is 401. The third-order valence-electron chi connectivity index (χ3n) is 2.59. The van der Waals surface area contributed by atoms with Crippen LogP contribution in [0.5, 0.6) is 0 Å². The van der Waals surface area contributed by atoms with Crippen molar-refractivity contribution in [2.75, 3.05) is 33.7 Å². The predicted octanol–water partition coefficient (Wildman–Crippen LogP) is 0.306. The highest BCUT2D eigenvalue weighted by molar-refractivity contribution is 5.83. The maximum Gasteiger partial charge on any atom is 0.239 e. The van der Waals surface area contributed by atoms with Crippen LogP contribution in [0.15, 0.2) is 22.8 Å². The van der Waals surface area contributed by atoms with Gasteiger partial charge < -0.3 is 19.5 Å². The van der Waals surface area contributed by atoms with E-state index in [1.807, 2.05) is 19.0 Å². The molecule has 6 nitrogen and oxygen atoms in total. The van der Waals surface area contributed by atoms with Crippen molar-refractivity contribution < 1.29 is 14.0 Å². The zero-order valence-electron chi connectivity index (χ0n) is 11.7. The molecule has 0 atom stereocenters. The lowest BCUT2D eigenvalue weighted by atomic mass is 10.3. The van der Waals surface area contributed by atoms with Gasteiger partial charge in [-0.1, -0.05) is 0 Å². The molecule has 6 heteroatoms. The van der Waals surface area contributed by atoms with E-state index in [1.165, 1.54) is 11.8 Å². The molecule has 0 bridgehead atoms. The van der Waals surface area contributed by atoms with Gasteiger partial charge in [0.15, 0.2) is 0 Å². The van der Waals surface area contributed by atoms with Crippen molar-refractivity contribution in [1.82, 2.24) is 15.1 Å². The van der Waals surface area contributed by atoms with E-state index in [9.17, 15) is 9.59 Å². The number of amides is 2. The first-order chi connectivity index (χ1) is 8.99. The SMILES string of the molecule is CC(=O)N(CC(=O)NCCN(C)C)Cc1ccco1. The zero-order valence-corrected chi connectivity index (χ0v) is 11.7. The number of likely N-dealkylation sites (N-methyl/N-ethyl adjacent to an activating group) is 1. The average molecular weight is 267 g/mol. The Morgan fingerprint density at radius 2 is 2.11 bits per heavy atom. The lowest BCUT2D eigenvalue weighted by Crippen LogP contribution is -2.41. The Hall–Kier alpha value is -1.82. The highest BCUT2D eigenvalue weighted by Crippen LogP contribution is 2.05. The van der Waals surface area contributed by atoms with Gasteiger partial charge in [0.05, 0.1) is 19.4 Å². The van der Waals surface area contributed by atoms with Crippen LogP contribution < -0.4 is 5.32 Å². The summed E-state index contributed by atoms with van der Waals surface area (Å²) in [6.07, 6.45) is 1.55. The Kier molecular flexibility index (Phi) is 6.08. The van der Waals surface area contributed by atoms with E-state index in [0.717, 1.165) is 6.54 Å². The van der Waals surface area contributed by atoms with Gasteiger partial charge in [-0.05, 0) is 26.2 Å². The van der Waals surface area contributed by atoms with Gasteiger partial charge in [-0.25, -0.2) is 0 Å². The third-order valence-corrected chi connectivity index (χ3v) is 2.59.